The summed E-state index contributed by atoms with van der Waals surface area (Å²) in [4.78, 5) is 36.8. The lowest BCUT2D eigenvalue weighted by Gasteiger charge is -2.30. The molecule has 194 valence electrons. The summed E-state index contributed by atoms with van der Waals surface area (Å²) in [6.07, 6.45) is -4.46. The first-order chi connectivity index (χ1) is 17.0. The van der Waals surface area contributed by atoms with E-state index in [1.165, 1.54) is 0 Å². The van der Waals surface area contributed by atoms with Crippen molar-refractivity contribution in [3.63, 3.8) is 0 Å². The maximum absolute atomic E-state index is 12.9. The standard InChI is InChI=1S/C23H24ClF3N4O4S/c1-35-16-4-2-3-13(7-16)11-28-19(32)9-15-10-20(33)31-22(29-15)36-12-21(34)30-18-8-14(23(25,26)27)5-6-17(18)24/h2-8,15,22,29H,9-12H2,1H3,(H,28,32)(H,30,34)(H,31,33). The second-order valence-electron chi connectivity index (χ2n) is 7.90. The highest BCUT2D eigenvalue weighted by atomic mass is 35.5. The molecule has 1 saturated heterocycles. The second kappa shape index (κ2) is 12.3. The summed E-state index contributed by atoms with van der Waals surface area (Å²) in [6.45, 7) is 0.297. The van der Waals surface area contributed by atoms with Crippen LogP contribution in [0.15, 0.2) is 42.5 Å². The van der Waals surface area contributed by atoms with E-state index in [-0.39, 0.29) is 41.1 Å². The van der Waals surface area contributed by atoms with E-state index in [9.17, 15) is 27.6 Å². The molecule has 1 aliphatic heterocycles. The van der Waals surface area contributed by atoms with Crippen molar-refractivity contribution in [3.8, 4) is 5.75 Å². The first-order valence-electron chi connectivity index (χ1n) is 10.8. The zero-order chi connectivity index (χ0) is 26.3. The number of nitrogens with one attached hydrogen (secondary N) is 4. The van der Waals surface area contributed by atoms with Gasteiger partial charge >= 0.3 is 6.18 Å². The number of halogens is 4. The van der Waals surface area contributed by atoms with E-state index in [4.69, 9.17) is 16.3 Å². The molecule has 0 bridgehead atoms. The summed E-state index contributed by atoms with van der Waals surface area (Å²) in [5.74, 6) is -0.662. The van der Waals surface area contributed by atoms with E-state index in [1.54, 1.807) is 19.2 Å². The number of methoxy groups -OCH3 is 1. The Morgan fingerprint density at radius 3 is 2.69 bits per heavy atom. The predicted molar refractivity (Wildman–Crippen MR) is 130 cm³/mol. The third-order valence-electron chi connectivity index (χ3n) is 5.12. The lowest BCUT2D eigenvalue weighted by molar-refractivity contribution is -0.137. The van der Waals surface area contributed by atoms with Gasteiger partial charge in [0.05, 0.1) is 29.1 Å². The number of thioether (sulfide) groups is 1. The van der Waals surface area contributed by atoms with Crippen LogP contribution in [0.1, 0.15) is 24.0 Å². The van der Waals surface area contributed by atoms with Gasteiger partial charge in [0.15, 0.2) is 0 Å². The molecule has 36 heavy (non-hydrogen) atoms. The molecule has 0 aromatic heterocycles. The minimum atomic E-state index is -4.58. The summed E-state index contributed by atoms with van der Waals surface area (Å²) < 4.78 is 43.9. The van der Waals surface area contributed by atoms with Crippen LogP contribution >= 0.6 is 23.4 Å². The largest absolute Gasteiger partial charge is 0.497 e. The van der Waals surface area contributed by atoms with Crippen LogP contribution in [0.4, 0.5) is 18.9 Å². The summed E-state index contributed by atoms with van der Waals surface area (Å²) in [6, 6.07) is 9.43. The van der Waals surface area contributed by atoms with Crippen molar-refractivity contribution in [3.05, 3.63) is 58.6 Å². The van der Waals surface area contributed by atoms with Crippen LogP contribution in [0.5, 0.6) is 5.75 Å². The van der Waals surface area contributed by atoms with Gasteiger partial charge in [-0.2, -0.15) is 13.2 Å². The number of ether oxygens (including phenoxy) is 1. The Labute approximate surface area is 214 Å². The molecule has 8 nitrogen and oxygen atoms in total. The molecule has 0 aliphatic carbocycles. The number of carbonyl (C=O) groups excluding carboxylic acids is 3. The van der Waals surface area contributed by atoms with E-state index in [1.807, 2.05) is 12.1 Å². The van der Waals surface area contributed by atoms with Crippen LogP contribution in [-0.4, -0.2) is 42.1 Å². The van der Waals surface area contributed by atoms with Gasteiger partial charge in [0.2, 0.25) is 17.7 Å². The van der Waals surface area contributed by atoms with Crippen LogP contribution in [0.3, 0.4) is 0 Å². The molecule has 1 fully saturated rings. The molecule has 2 unspecified atom stereocenters. The zero-order valence-corrected chi connectivity index (χ0v) is 20.7. The number of anilines is 1. The molecule has 2 aromatic carbocycles. The van der Waals surface area contributed by atoms with E-state index in [0.29, 0.717) is 12.3 Å². The highest BCUT2D eigenvalue weighted by Crippen LogP contribution is 2.33. The summed E-state index contributed by atoms with van der Waals surface area (Å²) in [7, 11) is 1.55. The number of alkyl halides is 3. The van der Waals surface area contributed by atoms with Gasteiger partial charge in [-0.05, 0) is 35.9 Å². The number of carbonyl (C=O) groups is 3. The van der Waals surface area contributed by atoms with E-state index >= 15 is 0 Å². The molecule has 0 radical (unpaired) electrons. The Morgan fingerprint density at radius 1 is 1.19 bits per heavy atom. The Balaban J connectivity index is 1.47. The minimum Gasteiger partial charge on any atom is -0.497 e. The molecule has 0 spiro atoms. The van der Waals surface area contributed by atoms with Crippen molar-refractivity contribution in [2.24, 2.45) is 0 Å². The quantitative estimate of drug-likeness (QED) is 0.385. The van der Waals surface area contributed by atoms with E-state index in [0.717, 1.165) is 35.5 Å². The van der Waals surface area contributed by atoms with Crippen molar-refractivity contribution >= 4 is 46.8 Å². The predicted octanol–water partition coefficient (Wildman–Crippen LogP) is 3.51. The smallest absolute Gasteiger partial charge is 0.416 e. The van der Waals surface area contributed by atoms with Gasteiger partial charge in [-0.15, -0.1) is 11.8 Å². The Bertz CT molecular complexity index is 1120. The fourth-order valence-corrected chi connectivity index (χ4v) is 4.44. The zero-order valence-electron chi connectivity index (χ0n) is 19.1. The Hall–Kier alpha value is -2.96. The van der Waals surface area contributed by atoms with Gasteiger partial charge in [0.1, 0.15) is 11.2 Å². The number of hydrogen-bond acceptors (Lipinski definition) is 6. The number of hydrogen-bond donors (Lipinski definition) is 4. The van der Waals surface area contributed by atoms with Gasteiger partial charge in [-0.3, -0.25) is 19.7 Å². The molecule has 1 aliphatic rings. The summed E-state index contributed by atoms with van der Waals surface area (Å²) in [5.41, 5.74) is -0.908. The van der Waals surface area contributed by atoms with Crippen LogP contribution in [0.2, 0.25) is 5.02 Å². The van der Waals surface area contributed by atoms with E-state index < -0.39 is 29.2 Å². The fraction of sp³-hybridized carbons (Fsp3) is 0.348. The van der Waals surface area contributed by atoms with Crippen LogP contribution < -0.4 is 26.0 Å². The van der Waals surface area contributed by atoms with Crippen molar-refractivity contribution in [1.82, 2.24) is 16.0 Å². The minimum absolute atomic E-state index is 0.0366. The maximum Gasteiger partial charge on any atom is 0.416 e. The normalized spacial score (nSPS) is 17.8. The average molecular weight is 545 g/mol. The van der Waals surface area contributed by atoms with Crippen molar-refractivity contribution < 1.29 is 32.3 Å². The van der Waals surface area contributed by atoms with Gasteiger partial charge in [-0.25, -0.2) is 0 Å². The fourth-order valence-electron chi connectivity index (χ4n) is 3.39. The molecule has 2 aromatic rings. The molecular formula is C23H24ClF3N4O4S. The Morgan fingerprint density at radius 2 is 1.97 bits per heavy atom. The highest BCUT2D eigenvalue weighted by Gasteiger charge is 2.31. The van der Waals surface area contributed by atoms with Crippen molar-refractivity contribution in [2.45, 2.75) is 37.1 Å². The first-order valence-corrected chi connectivity index (χ1v) is 12.2. The van der Waals surface area contributed by atoms with Gasteiger partial charge < -0.3 is 20.7 Å². The van der Waals surface area contributed by atoms with Crippen molar-refractivity contribution in [1.29, 1.82) is 0 Å². The average Bonchev–Trinajstić information content (AvgIpc) is 2.82. The molecule has 0 saturated carbocycles. The van der Waals surface area contributed by atoms with Gasteiger partial charge in [-0.1, -0.05) is 23.7 Å². The van der Waals surface area contributed by atoms with Crippen LogP contribution in [0.25, 0.3) is 0 Å². The first kappa shape index (κ1) is 27.6. The number of amides is 3. The third kappa shape index (κ3) is 8.32. The molecule has 4 N–H and O–H groups in total. The van der Waals surface area contributed by atoms with E-state index in [2.05, 4.69) is 21.3 Å². The van der Waals surface area contributed by atoms with Crippen LogP contribution in [-0.2, 0) is 27.1 Å². The molecular weight excluding hydrogens is 521 g/mol. The molecule has 3 rings (SSSR count). The maximum atomic E-state index is 12.9. The number of rotatable bonds is 9. The highest BCUT2D eigenvalue weighted by molar-refractivity contribution is 8.00. The third-order valence-corrected chi connectivity index (χ3v) is 6.46. The lowest BCUT2D eigenvalue weighted by Crippen LogP contribution is -2.56. The number of benzene rings is 2. The SMILES string of the molecule is COc1cccc(CNC(=O)CC2CC(=O)NC(SCC(=O)Nc3cc(C(F)(F)F)ccc3Cl)N2)c1. The summed E-state index contributed by atoms with van der Waals surface area (Å²) >= 11 is 6.93. The monoisotopic (exact) mass is 544 g/mol. The molecule has 1 heterocycles. The molecule has 2 atom stereocenters. The van der Waals surface area contributed by atoms with Gasteiger partial charge in [0, 0.05) is 25.4 Å². The second-order valence-corrected chi connectivity index (χ2v) is 9.40. The van der Waals surface area contributed by atoms with Crippen LogP contribution in [0, 0.1) is 0 Å². The van der Waals surface area contributed by atoms with Crippen molar-refractivity contribution in [2.75, 3.05) is 18.2 Å². The Kier molecular flexibility index (Phi) is 9.46. The lowest BCUT2D eigenvalue weighted by atomic mass is 10.1. The molecule has 13 heteroatoms. The van der Waals surface area contributed by atoms with Gasteiger partial charge in [0.25, 0.3) is 0 Å². The molecule has 3 amide bonds. The summed E-state index contributed by atoms with van der Waals surface area (Å²) in [5, 5.41) is 10.9. The topological polar surface area (TPSA) is 109 Å².